The summed E-state index contributed by atoms with van der Waals surface area (Å²) in [4.78, 5) is 26.1. The van der Waals surface area contributed by atoms with Crippen LogP contribution in [0.5, 0.6) is 0 Å². The van der Waals surface area contributed by atoms with Crippen molar-refractivity contribution in [3.63, 3.8) is 0 Å². The highest BCUT2D eigenvalue weighted by molar-refractivity contribution is 5.82. The summed E-state index contributed by atoms with van der Waals surface area (Å²) >= 11 is 0. The molecule has 1 amide bonds. The van der Waals surface area contributed by atoms with E-state index in [-0.39, 0.29) is 24.2 Å². The molecule has 3 rings (SSSR count). The molecule has 0 radical (unpaired) electrons. The lowest BCUT2D eigenvalue weighted by Gasteiger charge is -2.34. The minimum Gasteiger partial charge on any atom is -0.481 e. The van der Waals surface area contributed by atoms with Crippen molar-refractivity contribution >= 4 is 11.9 Å². The molecule has 0 bridgehead atoms. The third kappa shape index (κ3) is 3.77. The van der Waals surface area contributed by atoms with Crippen LogP contribution in [0.25, 0.3) is 0 Å². The second kappa shape index (κ2) is 7.68. The van der Waals surface area contributed by atoms with Crippen LogP contribution in [-0.4, -0.2) is 28.4 Å². The number of carbonyl (C=O) groups is 2. The minimum atomic E-state index is -0.922. The van der Waals surface area contributed by atoms with E-state index in [0.29, 0.717) is 24.9 Å². The fraction of sp³-hybridized carbons (Fsp3) is 0.333. The SMILES string of the molecule is CC(CCc1ccccc1F)C(=O)N1Cc2ccccc2C(C(=O)O)C1. The standard InChI is InChI=1S/C21H22FNO3/c1-14(10-11-15-6-3-5-9-19(15)22)20(24)23-12-16-7-2-4-8-17(16)18(13-23)21(25)26/h2-9,14,18H,10-13H2,1H3,(H,25,26). The van der Waals surface area contributed by atoms with E-state index in [1.54, 1.807) is 23.1 Å². The predicted octanol–water partition coefficient (Wildman–Crippen LogP) is 3.61. The van der Waals surface area contributed by atoms with E-state index in [1.165, 1.54) is 6.07 Å². The molecule has 0 saturated carbocycles. The molecular weight excluding hydrogens is 333 g/mol. The Bertz CT molecular complexity index is 820. The highest BCUT2D eigenvalue weighted by Crippen LogP contribution is 2.29. The highest BCUT2D eigenvalue weighted by atomic mass is 19.1. The zero-order chi connectivity index (χ0) is 18.7. The Hall–Kier alpha value is -2.69. The van der Waals surface area contributed by atoms with Gasteiger partial charge in [0, 0.05) is 19.0 Å². The lowest BCUT2D eigenvalue weighted by atomic mass is 9.88. The van der Waals surface area contributed by atoms with E-state index in [2.05, 4.69) is 0 Å². The zero-order valence-electron chi connectivity index (χ0n) is 14.7. The summed E-state index contributed by atoms with van der Waals surface area (Å²) in [5.74, 6) is -2.27. The number of nitrogens with zero attached hydrogens (tertiary/aromatic N) is 1. The number of hydrogen-bond acceptors (Lipinski definition) is 2. The van der Waals surface area contributed by atoms with Crippen LogP contribution >= 0.6 is 0 Å². The van der Waals surface area contributed by atoms with E-state index in [9.17, 15) is 19.1 Å². The molecule has 0 aliphatic carbocycles. The van der Waals surface area contributed by atoms with Gasteiger partial charge in [-0.15, -0.1) is 0 Å². The second-order valence-electron chi connectivity index (χ2n) is 6.84. The van der Waals surface area contributed by atoms with Gasteiger partial charge in [0.15, 0.2) is 0 Å². The number of carboxylic acid groups (broad SMARTS) is 1. The smallest absolute Gasteiger partial charge is 0.312 e. The van der Waals surface area contributed by atoms with Gasteiger partial charge in [0.2, 0.25) is 5.91 Å². The molecule has 0 saturated heterocycles. The molecule has 136 valence electrons. The third-order valence-corrected chi connectivity index (χ3v) is 5.03. The molecule has 0 aromatic heterocycles. The largest absolute Gasteiger partial charge is 0.481 e. The van der Waals surface area contributed by atoms with Crippen LogP contribution in [0, 0.1) is 11.7 Å². The maximum absolute atomic E-state index is 13.7. The summed E-state index contributed by atoms with van der Waals surface area (Å²) in [5.41, 5.74) is 2.25. The van der Waals surface area contributed by atoms with E-state index in [1.807, 2.05) is 31.2 Å². The van der Waals surface area contributed by atoms with Crippen LogP contribution in [0.3, 0.4) is 0 Å². The van der Waals surface area contributed by atoms with Crippen LogP contribution in [0.2, 0.25) is 0 Å². The lowest BCUT2D eigenvalue weighted by molar-refractivity contribution is -0.142. The van der Waals surface area contributed by atoms with Crippen LogP contribution in [0.4, 0.5) is 4.39 Å². The van der Waals surface area contributed by atoms with Gasteiger partial charge in [0.05, 0.1) is 5.92 Å². The second-order valence-corrected chi connectivity index (χ2v) is 6.84. The number of aliphatic carboxylic acids is 1. The molecular formula is C21H22FNO3. The predicted molar refractivity (Wildman–Crippen MR) is 96.1 cm³/mol. The first-order valence-electron chi connectivity index (χ1n) is 8.80. The van der Waals surface area contributed by atoms with Gasteiger partial charge >= 0.3 is 5.97 Å². The van der Waals surface area contributed by atoms with Gasteiger partial charge in [-0.25, -0.2) is 4.39 Å². The Labute approximate surface area is 152 Å². The molecule has 1 heterocycles. The molecule has 1 aliphatic heterocycles. The monoisotopic (exact) mass is 355 g/mol. The molecule has 2 aromatic carbocycles. The number of halogens is 1. The molecule has 26 heavy (non-hydrogen) atoms. The van der Waals surface area contributed by atoms with Crippen molar-refractivity contribution in [2.75, 3.05) is 6.54 Å². The first-order valence-corrected chi connectivity index (χ1v) is 8.80. The lowest BCUT2D eigenvalue weighted by Crippen LogP contribution is -2.42. The highest BCUT2D eigenvalue weighted by Gasteiger charge is 2.33. The zero-order valence-corrected chi connectivity index (χ0v) is 14.7. The molecule has 2 aromatic rings. The van der Waals surface area contributed by atoms with Gasteiger partial charge < -0.3 is 10.0 Å². The van der Waals surface area contributed by atoms with Crippen molar-refractivity contribution in [2.45, 2.75) is 32.2 Å². The minimum absolute atomic E-state index is 0.0814. The van der Waals surface area contributed by atoms with Crippen LogP contribution in [-0.2, 0) is 22.6 Å². The molecule has 2 unspecified atom stereocenters. The van der Waals surface area contributed by atoms with Crippen LogP contribution in [0.1, 0.15) is 36.0 Å². The first kappa shape index (κ1) is 18.1. The Morgan fingerprint density at radius 1 is 1.19 bits per heavy atom. The molecule has 5 heteroatoms. The van der Waals surface area contributed by atoms with Gasteiger partial charge in [-0.1, -0.05) is 49.4 Å². The summed E-state index contributed by atoms with van der Waals surface area (Å²) in [6.45, 7) is 2.41. The quantitative estimate of drug-likeness (QED) is 0.891. The molecule has 1 N–H and O–H groups in total. The van der Waals surface area contributed by atoms with Crippen molar-refractivity contribution in [3.8, 4) is 0 Å². The summed E-state index contributed by atoms with van der Waals surface area (Å²) < 4.78 is 13.7. The number of benzene rings is 2. The molecule has 0 spiro atoms. The van der Waals surface area contributed by atoms with Crippen molar-refractivity contribution in [1.29, 1.82) is 0 Å². The number of aryl methyl sites for hydroxylation is 1. The Kier molecular flexibility index (Phi) is 5.35. The number of amides is 1. The summed E-state index contributed by atoms with van der Waals surface area (Å²) in [7, 11) is 0. The Morgan fingerprint density at radius 2 is 1.88 bits per heavy atom. The van der Waals surface area contributed by atoms with E-state index < -0.39 is 11.9 Å². The number of fused-ring (bicyclic) bond motifs is 1. The number of carbonyl (C=O) groups excluding carboxylic acids is 1. The van der Waals surface area contributed by atoms with Gasteiger partial charge in [-0.05, 0) is 35.6 Å². The van der Waals surface area contributed by atoms with E-state index >= 15 is 0 Å². The maximum Gasteiger partial charge on any atom is 0.312 e. The molecule has 1 aliphatic rings. The maximum atomic E-state index is 13.7. The van der Waals surface area contributed by atoms with Gasteiger partial charge in [0.25, 0.3) is 0 Å². The average molecular weight is 355 g/mol. The van der Waals surface area contributed by atoms with Crippen molar-refractivity contribution < 1.29 is 19.1 Å². The fourth-order valence-electron chi connectivity index (χ4n) is 3.49. The Balaban J connectivity index is 1.69. The first-order chi connectivity index (χ1) is 12.5. The number of carboxylic acids is 1. The van der Waals surface area contributed by atoms with Crippen LogP contribution in [0.15, 0.2) is 48.5 Å². The van der Waals surface area contributed by atoms with Crippen LogP contribution < -0.4 is 0 Å². The van der Waals surface area contributed by atoms with E-state index in [0.717, 1.165) is 11.1 Å². The van der Waals surface area contributed by atoms with E-state index in [4.69, 9.17) is 0 Å². The van der Waals surface area contributed by atoms with Gasteiger partial charge in [-0.3, -0.25) is 9.59 Å². The third-order valence-electron chi connectivity index (χ3n) is 5.03. The normalized spacial score (nSPS) is 17.5. The molecule has 2 atom stereocenters. The summed E-state index contributed by atoms with van der Waals surface area (Å²) in [6.07, 6.45) is 1.00. The molecule has 0 fully saturated rings. The summed E-state index contributed by atoms with van der Waals surface area (Å²) in [6, 6.07) is 13.9. The van der Waals surface area contributed by atoms with Crippen molar-refractivity contribution in [3.05, 3.63) is 71.0 Å². The number of hydrogen-bond donors (Lipinski definition) is 1. The van der Waals surface area contributed by atoms with Gasteiger partial charge in [-0.2, -0.15) is 0 Å². The van der Waals surface area contributed by atoms with Gasteiger partial charge in [0.1, 0.15) is 5.82 Å². The Morgan fingerprint density at radius 3 is 2.62 bits per heavy atom. The topological polar surface area (TPSA) is 57.6 Å². The van der Waals surface area contributed by atoms with Crippen molar-refractivity contribution in [2.24, 2.45) is 5.92 Å². The summed E-state index contributed by atoms with van der Waals surface area (Å²) in [5, 5.41) is 9.53. The average Bonchev–Trinajstić information content (AvgIpc) is 2.65. The fourth-order valence-corrected chi connectivity index (χ4v) is 3.49. The molecule has 4 nitrogen and oxygen atoms in total. The van der Waals surface area contributed by atoms with Crippen molar-refractivity contribution in [1.82, 2.24) is 4.90 Å². The number of rotatable bonds is 5.